The summed E-state index contributed by atoms with van der Waals surface area (Å²) in [6, 6.07) is 10.6. The first-order valence-electron chi connectivity index (χ1n) is 5.32. The van der Waals surface area contributed by atoms with Crippen LogP contribution in [0.2, 0.25) is 10.0 Å². The van der Waals surface area contributed by atoms with Crippen molar-refractivity contribution in [2.45, 2.75) is 0 Å². The molecule has 0 spiro atoms. The van der Waals surface area contributed by atoms with E-state index in [1.807, 2.05) is 6.07 Å². The van der Waals surface area contributed by atoms with Crippen molar-refractivity contribution >= 4 is 28.9 Å². The lowest BCUT2D eigenvalue weighted by Crippen LogP contribution is -1.91. The topological polar surface area (TPSA) is 76.2 Å². The van der Waals surface area contributed by atoms with Crippen LogP contribution < -0.4 is 4.74 Å². The van der Waals surface area contributed by atoms with Crippen molar-refractivity contribution in [3.63, 3.8) is 0 Å². The zero-order valence-electron chi connectivity index (χ0n) is 9.84. The van der Waals surface area contributed by atoms with E-state index in [0.717, 1.165) is 12.1 Å². The highest BCUT2D eigenvalue weighted by molar-refractivity contribution is 6.37. The van der Waals surface area contributed by atoms with E-state index in [0.29, 0.717) is 11.3 Å². The molecule has 5 nitrogen and oxygen atoms in total. The van der Waals surface area contributed by atoms with E-state index in [9.17, 15) is 10.1 Å². The van der Waals surface area contributed by atoms with Gasteiger partial charge in [-0.25, -0.2) is 0 Å². The Kier molecular flexibility index (Phi) is 4.08. The van der Waals surface area contributed by atoms with Crippen molar-refractivity contribution in [3.8, 4) is 17.6 Å². The summed E-state index contributed by atoms with van der Waals surface area (Å²) in [7, 11) is 0. The Morgan fingerprint density at radius 1 is 1.15 bits per heavy atom. The first-order chi connectivity index (χ1) is 9.51. The smallest absolute Gasteiger partial charge is 0.272 e. The number of hydrogen-bond donors (Lipinski definition) is 0. The molecule has 20 heavy (non-hydrogen) atoms. The lowest BCUT2D eigenvalue weighted by molar-refractivity contribution is -0.384. The standard InChI is InChI=1S/C13H6Cl2N2O3/c14-11-5-9(17(18)19)6-12(15)13(11)20-10-3-1-8(7-16)2-4-10/h1-6H. The van der Waals surface area contributed by atoms with Gasteiger partial charge in [0.1, 0.15) is 5.75 Å². The predicted octanol–water partition coefficient (Wildman–Crippen LogP) is 4.57. The molecular weight excluding hydrogens is 303 g/mol. The number of benzene rings is 2. The van der Waals surface area contributed by atoms with Gasteiger partial charge in [-0.1, -0.05) is 23.2 Å². The van der Waals surface area contributed by atoms with Crippen LogP contribution in [0.3, 0.4) is 0 Å². The fourth-order valence-electron chi connectivity index (χ4n) is 1.46. The summed E-state index contributed by atoms with van der Waals surface area (Å²) in [6.45, 7) is 0. The normalized spacial score (nSPS) is 9.85. The average molecular weight is 309 g/mol. The zero-order valence-corrected chi connectivity index (χ0v) is 11.4. The Balaban J connectivity index is 2.33. The van der Waals surface area contributed by atoms with Gasteiger partial charge in [0.15, 0.2) is 5.75 Å². The monoisotopic (exact) mass is 308 g/mol. The SMILES string of the molecule is N#Cc1ccc(Oc2c(Cl)cc([N+](=O)[O-])cc2Cl)cc1. The molecule has 100 valence electrons. The molecule has 2 aromatic carbocycles. The molecule has 0 heterocycles. The van der Waals surface area contributed by atoms with Gasteiger partial charge in [-0.05, 0) is 24.3 Å². The van der Waals surface area contributed by atoms with Crippen LogP contribution in [0.25, 0.3) is 0 Å². The molecule has 0 fully saturated rings. The number of hydrogen-bond acceptors (Lipinski definition) is 4. The molecule has 0 aliphatic heterocycles. The molecule has 0 aliphatic rings. The quantitative estimate of drug-likeness (QED) is 0.615. The molecule has 0 aromatic heterocycles. The van der Waals surface area contributed by atoms with E-state index in [1.165, 1.54) is 0 Å². The number of nitrogens with zero attached hydrogens (tertiary/aromatic N) is 2. The summed E-state index contributed by atoms with van der Waals surface area (Å²) in [6.07, 6.45) is 0. The number of nitro groups is 1. The van der Waals surface area contributed by atoms with Crippen LogP contribution in [-0.2, 0) is 0 Å². The maximum absolute atomic E-state index is 10.7. The van der Waals surface area contributed by atoms with Crippen LogP contribution in [-0.4, -0.2) is 4.92 Å². The maximum Gasteiger partial charge on any atom is 0.272 e. The van der Waals surface area contributed by atoms with Crippen molar-refractivity contribution in [1.29, 1.82) is 5.26 Å². The van der Waals surface area contributed by atoms with E-state index in [2.05, 4.69) is 0 Å². The van der Waals surface area contributed by atoms with Gasteiger partial charge in [0.25, 0.3) is 5.69 Å². The first-order valence-corrected chi connectivity index (χ1v) is 6.08. The van der Waals surface area contributed by atoms with Crippen molar-refractivity contribution in [3.05, 3.63) is 62.1 Å². The average Bonchev–Trinajstić information content (AvgIpc) is 2.43. The van der Waals surface area contributed by atoms with Gasteiger partial charge < -0.3 is 4.74 Å². The van der Waals surface area contributed by atoms with Crippen LogP contribution >= 0.6 is 23.2 Å². The Hall–Kier alpha value is -2.29. The van der Waals surface area contributed by atoms with E-state index in [-0.39, 0.29) is 21.5 Å². The maximum atomic E-state index is 10.7. The summed E-state index contributed by atoms with van der Waals surface area (Å²) < 4.78 is 5.48. The van der Waals surface area contributed by atoms with Gasteiger partial charge in [0.2, 0.25) is 0 Å². The summed E-state index contributed by atoms with van der Waals surface area (Å²) in [5, 5.41) is 19.4. The summed E-state index contributed by atoms with van der Waals surface area (Å²) >= 11 is 11.8. The van der Waals surface area contributed by atoms with Crippen LogP contribution in [0.5, 0.6) is 11.5 Å². The van der Waals surface area contributed by atoms with Crippen molar-refractivity contribution < 1.29 is 9.66 Å². The number of nitriles is 1. The minimum Gasteiger partial charge on any atom is -0.454 e. The third-order valence-corrected chi connectivity index (χ3v) is 2.96. The third-order valence-electron chi connectivity index (χ3n) is 2.40. The fraction of sp³-hybridized carbons (Fsp3) is 0. The highest BCUT2D eigenvalue weighted by Crippen LogP contribution is 2.39. The number of halogens is 2. The number of ether oxygens (including phenoxy) is 1. The molecule has 0 saturated heterocycles. The van der Waals surface area contributed by atoms with Crippen LogP contribution in [0.1, 0.15) is 5.56 Å². The van der Waals surface area contributed by atoms with Gasteiger partial charge in [-0.3, -0.25) is 10.1 Å². The third kappa shape index (κ3) is 2.99. The summed E-state index contributed by atoms with van der Waals surface area (Å²) in [5.74, 6) is 0.547. The van der Waals surface area contributed by atoms with E-state index < -0.39 is 4.92 Å². The van der Waals surface area contributed by atoms with Gasteiger partial charge >= 0.3 is 0 Å². The molecule has 0 amide bonds. The largest absolute Gasteiger partial charge is 0.454 e. The molecule has 0 radical (unpaired) electrons. The van der Waals surface area contributed by atoms with E-state index in [1.54, 1.807) is 24.3 Å². The Labute approximate surface area is 124 Å². The molecule has 2 aromatic rings. The molecule has 0 unspecified atom stereocenters. The predicted molar refractivity (Wildman–Crippen MR) is 74.3 cm³/mol. The van der Waals surface area contributed by atoms with Crippen molar-refractivity contribution in [2.24, 2.45) is 0 Å². The Morgan fingerprint density at radius 3 is 2.15 bits per heavy atom. The zero-order chi connectivity index (χ0) is 14.7. The first kappa shape index (κ1) is 14.1. The second-order valence-corrected chi connectivity index (χ2v) is 4.55. The molecule has 2 rings (SSSR count). The fourth-order valence-corrected chi connectivity index (χ4v) is 2.02. The summed E-state index contributed by atoms with van der Waals surface area (Å²) in [4.78, 5) is 10.1. The van der Waals surface area contributed by atoms with Crippen LogP contribution in [0.4, 0.5) is 5.69 Å². The molecular formula is C13H6Cl2N2O3. The minimum absolute atomic E-state index is 0.0357. The van der Waals surface area contributed by atoms with Crippen LogP contribution in [0, 0.1) is 21.4 Å². The molecule has 0 aliphatic carbocycles. The van der Waals surface area contributed by atoms with Crippen LogP contribution in [0.15, 0.2) is 36.4 Å². The Bertz CT molecular complexity index is 686. The lowest BCUT2D eigenvalue weighted by atomic mass is 10.2. The van der Waals surface area contributed by atoms with Crippen molar-refractivity contribution in [2.75, 3.05) is 0 Å². The van der Waals surface area contributed by atoms with Gasteiger partial charge in [-0.2, -0.15) is 5.26 Å². The molecule has 0 N–H and O–H groups in total. The number of rotatable bonds is 3. The summed E-state index contributed by atoms with van der Waals surface area (Å²) in [5.41, 5.74) is 0.269. The van der Waals surface area contributed by atoms with Gasteiger partial charge in [0.05, 0.1) is 26.6 Å². The number of nitro benzene ring substituents is 1. The second-order valence-electron chi connectivity index (χ2n) is 3.73. The highest BCUT2D eigenvalue weighted by atomic mass is 35.5. The van der Waals surface area contributed by atoms with E-state index in [4.69, 9.17) is 33.2 Å². The molecule has 0 saturated carbocycles. The van der Waals surface area contributed by atoms with Gasteiger partial charge in [-0.15, -0.1) is 0 Å². The number of non-ortho nitro benzene ring substituents is 1. The Morgan fingerprint density at radius 2 is 1.70 bits per heavy atom. The van der Waals surface area contributed by atoms with Crippen molar-refractivity contribution in [1.82, 2.24) is 0 Å². The van der Waals surface area contributed by atoms with Gasteiger partial charge in [0, 0.05) is 12.1 Å². The lowest BCUT2D eigenvalue weighted by Gasteiger charge is -2.09. The highest BCUT2D eigenvalue weighted by Gasteiger charge is 2.16. The molecule has 0 atom stereocenters. The second kappa shape index (κ2) is 5.78. The molecule has 7 heteroatoms. The van der Waals surface area contributed by atoms with E-state index >= 15 is 0 Å². The minimum atomic E-state index is -0.594. The molecule has 0 bridgehead atoms.